The molecular weight excluding hydrogens is 162 g/mol. The van der Waals surface area contributed by atoms with Crippen LogP contribution < -0.4 is 5.32 Å². The fraction of sp³-hybridized carbons (Fsp3) is 0.700. The molecule has 0 unspecified atom stereocenters. The van der Waals surface area contributed by atoms with Crippen LogP contribution in [0, 0.1) is 5.92 Å². The second-order valence-corrected chi connectivity index (χ2v) is 3.35. The molecule has 0 aliphatic rings. The highest BCUT2D eigenvalue weighted by Crippen LogP contribution is 2.05. The molecule has 0 aliphatic carbocycles. The van der Waals surface area contributed by atoms with E-state index >= 15 is 0 Å². The molecule has 3 nitrogen and oxygen atoms in total. The van der Waals surface area contributed by atoms with Gasteiger partial charge in [0.2, 0.25) is 0 Å². The first-order valence-corrected chi connectivity index (χ1v) is 5.05. The van der Waals surface area contributed by atoms with E-state index in [1.165, 1.54) is 12.8 Å². The van der Waals surface area contributed by atoms with E-state index in [2.05, 4.69) is 29.1 Å². The van der Waals surface area contributed by atoms with Gasteiger partial charge in [0, 0.05) is 12.4 Å². The average molecular weight is 181 g/mol. The normalized spacial score (nSPS) is 11.0. The number of nitrogens with one attached hydrogen (secondary N) is 2. The van der Waals surface area contributed by atoms with Gasteiger partial charge in [-0.15, -0.1) is 0 Å². The van der Waals surface area contributed by atoms with Crippen molar-refractivity contribution in [3.05, 3.63) is 18.2 Å². The Morgan fingerprint density at radius 3 is 2.77 bits per heavy atom. The van der Waals surface area contributed by atoms with Crippen LogP contribution in [-0.2, 0) is 6.54 Å². The number of hydrogen-bond acceptors (Lipinski definition) is 2. The van der Waals surface area contributed by atoms with E-state index in [0.717, 1.165) is 24.8 Å². The molecule has 74 valence electrons. The van der Waals surface area contributed by atoms with Gasteiger partial charge in [-0.1, -0.05) is 26.7 Å². The maximum absolute atomic E-state index is 4.15. The van der Waals surface area contributed by atoms with E-state index in [0.29, 0.717) is 0 Å². The molecule has 1 aromatic rings. The van der Waals surface area contributed by atoms with Gasteiger partial charge < -0.3 is 10.3 Å². The van der Waals surface area contributed by atoms with Crippen molar-refractivity contribution in [3.8, 4) is 0 Å². The number of imidazole rings is 1. The number of H-pyrrole nitrogens is 1. The van der Waals surface area contributed by atoms with Crippen molar-refractivity contribution >= 4 is 0 Å². The largest absolute Gasteiger partial charge is 0.348 e. The van der Waals surface area contributed by atoms with Crippen molar-refractivity contribution in [1.82, 2.24) is 15.3 Å². The SMILES string of the molecule is CCC(CC)CNCc1ncc[nH]1. The van der Waals surface area contributed by atoms with Crippen LogP contribution in [0.3, 0.4) is 0 Å². The van der Waals surface area contributed by atoms with Crippen LogP contribution in [0.5, 0.6) is 0 Å². The summed E-state index contributed by atoms with van der Waals surface area (Å²) in [5.74, 6) is 1.82. The zero-order chi connectivity index (χ0) is 9.52. The van der Waals surface area contributed by atoms with Crippen molar-refractivity contribution in [3.63, 3.8) is 0 Å². The highest BCUT2D eigenvalue weighted by atomic mass is 15.0. The molecule has 0 saturated heterocycles. The third-order valence-corrected chi connectivity index (χ3v) is 2.44. The van der Waals surface area contributed by atoms with Crippen LogP contribution in [0.2, 0.25) is 0 Å². The first-order valence-electron chi connectivity index (χ1n) is 5.05. The van der Waals surface area contributed by atoms with Crippen LogP contribution >= 0.6 is 0 Å². The zero-order valence-corrected chi connectivity index (χ0v) is 8.51. The molecule has 0 amide bonds. The Hall–Kier alpha value is -0.830. The van der Waals surface area contributed by atoms with Crippen molar-refractivity contribution in [1.29, 1.82) is 0 Å². The van der Waals surface area contributed by atoms with Crippen molar-refractivity contribution < 1.29 is 0 Å². The summed E-state index contributed by atoms with van der Waals surface area (Å²) in [6.45, 7) is 6.42. The lowest BCUT2D eigenvalue weighted by atomic mass is 10.0. The van der Waals surface area contributed by atoms with Crippen molar-refractivity contribution in [2.45, 2.75) is 33.2 Å². The van der Waals surface area contributed by atoms with Crippen molar-refractivity contribution in [2.75, 3.05) is 6.54 Å². The van der Waals surface area contributed by atoms with Crippen LogP contribution in [0.1, 0.15) is 32.5 Å². The lowest BCUT2D eigenvalue weighted by Crippen LogP contribution is -2.22. The van der Waals surface area contributed by atoms with Gasteiger partial charge in [0.1, 0.15) is 5.82 Å². The van der Waals surface area contributed by atoms with Gasteiger partial charge in [-0.3, -0.25) is 0 Å². The fourth-order valence-corrected chi connectivity index (χ4v) is 1.37. The second-order valence-electron chi connectivity index (χ2n) is 3.35. The summed E-state index contributed by atoms with van der Waals surface area (Å²) in [5.41, 5.74) is 0. The second kappa shape index (κ2) is 5.75. The Labute approximate surface area is 80.0 Å². The summed E-state index contributed by atoms with van der Waals surface area (Å²) >= 11 is 0. The van der Waals surface area contributed by atoms with Gasteiger partial charge in [0.05, 0.1) is 6.54 Å². The van der Waals surface area contributed by atoms with E-state index in [1.54, 1.807) is 6.20 Å². The number of aromatic nitrogens is 2. The quantitative estimate of drug-likeness (QED) is 0.704. The van der Waals surface area contributed by atoms with Gasteiger partial charge >= 0.3 is 0 Å². The Balaban J connectivity index is 2.13. The molecule has 1 rings (SSSR count). The van der Waals surface area contributed by atoms with E-state index < -0.39 is 0 Å². The number of rotatable bonds is 6. The monoisotopic (exact) mass is 181 g/mol. The molecule has 0 spiro atoms. The maximum atomic E-state index is 4.15. The predicted molar refractivity (Wildman–Crippen MR) is 54.4 cm³/mol. The molecule has 3 heteroatoms. The van der Waals surface area contributed by atoms with Gasteiger partial charge in [-0.05, 0) is 12.5 Å². The first-order chi connectivity index (χ1) is 6.36. The third kappa shape index (κ3) is 3.59. The predicted octanol–water partition coefficient (Wildman–Crippen LogP) is 1.94. The standard InChI is InChI=1S/C10H19N3/c1-3-9(4-2)7-11-8-10-12-5-6-13-10/h5-6,9,11H,3-4,7-8H2,1-2H3,(H,12,13). The first kappa shape index (κ1) is 10.3. The molecular formula is C10H19N3. The maximum Gasteiger partial charge on any atom is 0.120 e. The Bertz CT molecular complexity index is 202. The third-order valence-electron chi connectivity index (χ3n) is 2.44. The van der Waals surface area contributed by atoms with E-state index in [1.807, 2.05) is 6.20 Å². The molecule has 0 saturated carbocycles. The minimum absolute atomic E-state index is 0.801. The van der Waals surface area contributed by atoms with Gasteiger partial charge in [0.15, 0.2) is 0 Å². The summed E-state index contributed by atoms with van der Waals surface area (Å²) < 4.78 is 0. The van der Waals surface area contributed by atoms with Crippen LogP contribution in [0.15, 0.2) is 12.4 Å². The summed E-state index contributed by atoms with van der Waals surface area (Å²) in [7, 11) is 0. The van der Waals surface area contributed by atoms with Crippen molar-refractivity contribution in [2.24, 2.45) is 5.92 Å². The number of nitrogens with zero attached hydrogens (tertiary/aromatic N) is 1. The highest BCUT2D eigenvalue weighted by molar-refractivity contribution is 4.85. The molecule has 1 heterocycles. The summed E-state index contributed by atoms with van der Waals surface area (Å²) in [6, 6.07) is 0. The minimum atomic E-state index is 0.801. The summed E-state index contributed by atoms with van der Waals surface area (Å²) in [4.78, 5) is 7.22. The van der Waals surface area contributed by atoms with E-state index in [4.69, 9.17) is 0 Å². The fourth-order valence-electron chi connectivity index (χ4n) is 1.37. The van der Waals surface area contributed by atoms with Crippen LogP contribution in [0.4, 0.5) is 0 Å². The molecule has 0 atom stereocenters. The van der Waals surface area contributed by atoms with E-state index in [9.17, 15) is 0 Å². The lowest BCUT2D eigenvalue weighted by Gasteiger charge is -2.12. The lowest BCUT2D eigenvalue weighted by molar-refractivity contribution is 0.446. The van der Waals surface area contributed by atoms with Gasteiger partial charge in [-0.2, -0.15) is 0 Å². The number of aromatic amines is 1. The molecule has 0 aliphatic heterocycles. The average Bonchev–Trinajstić information content (AvgIpc) is 2.65. The molecule has 2 N–H and O–H groups in total. The van der Waals surface area contributed by atoms with Gasteiger partial charge in [-0.25, -0.2) is 4.98 Å². The van der Waals surface area contributed by atoms with E-state index in [-0.39, 0.29) is 0 Å². The molecule has 13 heavy (non-hydrogen) atoms. The molecule has 0 radical (unpaired) electrons. The Kier molecular flexibility index (Phi) is 4.54. The zero-order valence-electron chi connectivity index (χ0n) is 8.51. The molecule has 0 bridgehead atoms. The smallest absolute Gasteiger partial charge is 0.120 e. The van der Waals surface area contributed by atoms with Crippen LogP contribution in [0.25, 0.3) is 0 Å². The topological polar surface area (TPSA) is 40.7 Å². The summed E-state index contributed by atoms with van der Waals surface area (Å²) in [6.07, 6.45) is 6.14. The molecule has 0 aromatic carbocycles. The summed E-state index contributed by atoms with van der Waals surface area (Å²) in [5, 5.41) is 3.40. The minimum Gasteiger partial charge on any atom is -0.348 e. The van der Waals surface area contributed by atoms with Gasteiger partial charge in [0.25, 0.3) is 0 Å². The highest BCUT2D eigenvalue weighted by Gasteiger charge is 2.02. The number of hydrogen-bond donors (Lipinski definition) is 2. The Morgan fingerprint density at radius 1 is 1.46 bits per heavy atom. The molecule has 1 aromatic heterocycles. The Morgan fingerprint density at radius 2 is 2.23 bits per heavy atom. The van der Waals surface area contributed by atoms with Crippen LogP contribution in [-0.4, -0.2) is 16.5 Å². The molecule has 0 fully saturated rings.